The summed E-state index contributed by atoms with van der Waals surface area (Å²) < 4.78 is 10.9. The lowest BCUT2D eigenvalue weighted by Gasteiger charge is -2.28. The summed E-state index contributed by atoms with van der Waals surface area (Å²) in [6.45, 7) is 5.08. The predicted octanol–water partition coefficient (Wildman–Crippen LogP) is 2.99. The lowest BCUT2D eigenvalue weighted by molar-refractivity contribution is -0.922. The van der Waals surface area contributed by atoms with Crippen molar-refractivity contribution in [2.45, 2.75) is 26.3 Å². The van der Waals surface area contributed by atoms with Crippen LogP contribution < -0.4 is 15.3 Å². The molecule has 0 saturated carbocycles. The van der Waals surface area contributed by atoms with Crippen LogP contribution in [0.4, 0.5) is 0 Å². The number of methoxy groups -OCH3 is 1. The van der Waals surface area contributed by atoms with E-state index in [9.17, 15) is 9.90 Å². The molecule has 5 nitrogen and oxygen atoms in total. The van der Waals surface area contributed by atoms with Gasteiger partial charge in [0, 0.05) is 11.3 Å². The Kier molecular flexibility index (Phi) is 5.09. The van der Waals surface area contributed by atoms with Gasteiger partial charge in [-0.05, 0) is 48.7 Å². The molecule has 1 saturated heterocycles. The number of nitrogens with one attached hydrogen (secondary N) is 1. The number of benzene rings is 2. The van der Waals surface area contributed by atoms with Gasteiger partial charge in [-0.25, -0.2) is 4.79 Å². The molecule has 0 spiro atoms. The molecule has 0 bridgehead atoms. The van der Waals surface area contributed by atoms with Crippen molar-refractivity contribution in [2.75, 3.05) is 20.2 Å². The van der Waals surface area contributed by atoms with E-state index in [1.54, 1.807) is 19.2 Å². The van der Waals surface area contributed by atoms with Gasteiger partial charge in [0.05, 0.1) is 31.3 Å². The van der Waals surface area contributed by atoms with Crippen LogP contribution in [0.2, 0.25) is 0 Å². The second kappa shape index (κ2) is 7.68. The maximum absolute atomic E-state index is 12.7. The van der Waals surface area contributed by atoms with Crippen LogP contribution in [0.15, 0.2) is 51.7 Å². The maximum atomic E-state index is 12.7. The van der Waals surface area contributed by atoms with E-state index < -0.39 is 5.63 Å². The van der Waals surface area contributed by atoms with Crippen molar-refractivity contribution in [3.05, 3.63) is 58.4 Å². The van der Waals surface area contributed by atoms with E-state index in [2.05, 4.69) is 6.92 Å². The van der Waals surface area contributed by atoms with E-state index >= 15 is 0 Å². The summed E-state index contributed by atoms with van der Waals surface area (Å²) in [7, 11) is 1.61. The Balaban J connectivity index is 1.74. The summed E-state index contributed by atoms with van der Waals surface area (Å²) in [5.74, 6) is 1.60. The first kappa shape index (κ1) is 18.6. The molecular formula is C23H26NO4+. The quantitative estimate of drug-likeness (QED) is 0.683. The highest BCUT2D eigenvalue weighted by atomic mass is 16.5. The minimum absolute atomic E-state index is 0.193. The van der Waals surface area contributed by atoms with Crippen LogP contribution in [0.1, 0.15) is 25.3 Å². The number of phenols is 1. The second-order valence-corrected chi connectivity index (χ2v) is 7.79. The number of fused-ring (bicyclic) bond motifs is 1. The first-order valence-electron chi connectivity index (χ1n) is 9.82. The molecule has 2 N–H and O–H groups in total. The summed E-state index contributed by atoms with van der Waals surface area (Å²) in [4.78, 5) is 14.1. The lowest BCUT2D eigenvalue weighted by Crippen LogP contribution is -3.12. The molecule has 5 heteroatoms. The third-order valence-corrected chi connectivity index (χ3v) is 5.67. The Morgan fingerprint density at radius 2 is 2.00 bits per heavy atom. The van der Waals surface area contributed by atoms with Gasteiger partial charge in [0.25, 0.3) is 0 Å². The molecule has 0 aliphatic carbocycles. The zero-order valence-electron chi connectivity index (χ0n) is 16.3. The van der Waals surface area contributed by atoms with Gasteiger partial charge in [-0.1, -0.05) is 19.1 Å². The maximum Gasteiger partial charge on any atom is 0.344 e. The molecule has 2 aromatic carbocycles. The largest absolute Gasteiger partial charge is 0.507 e. The fourth-order valence-corrected chi connectivity index (χ4v) is 4.18. The standard InChI is InChI=1S/C23H25NO4/c1-15-4-3-11-24(13-15)14-20-21(25)10-7-17-12-19(23(26)28-22(17)20)16-5-8-18(27-2)9-6-16/h5-10,12,15,25H,3-4,11,13-14H2,1-2H3/p+1/t15-/m1/s1. The van der Waals surface area contributed by atoms with Crippen LogP contribution in [0, 0.1) is 5.92 Å². The molecule has 1 unspecified atom stereocenters. The van der Waals surface area contributed by atoms with Gasteiger partial charge >= 0.3 is 5.63 Å². The van der Waals surface area contributed by atoms with Crippen molar-refractivity contribution in [3.63, 3.8) is 0 Å². The first-order valence-corrected chi connectivity index (χ1v) is 9.82. The zero-order chi connectivity index (χ0) is 19.7. The smallest absolute Gasteiger partial charge is 0.344 e. The number of quaternary nitrogens is 1. The van der Waals surface area contributed by atoms with Crippen LogP contribution >= 0.6 is 0 Å². The molecule has 0 radical (unpaired) electrons. The molecule has 28 heavy (non-hydrogen) atoms. The first-order chi connectivity index (χ1) is 13.5. The molecule has 4 rings (SSSR count). The number of hydrogen-bond donors (Lipinski definition) is 2. The van der Waals surface area contributed by atoms with Crippen LogP contribution in [0.5, 0.6) is 11.5 Å². The highest BCUT2D eigenvalue weighted by Crippen LogP contribution is 2.29. The second-order valence-electron chi connectivity index (χ2n) is 7.79. The minimum Gasteiger partial charge on any atom is -0.507 e. The van der Waals surface area contributed by atoms with E-state index in [0.29, 0.717) is 23.6 Å². The number of hydrogen-bond acceptors (Lipinski definition) is 4. The number of likely N-dealkylation sites (tertiary alicyclic amines) is 1. The molecule has 1 aliphatic heterocycles. The Hall–Kier alpha value is -2.79. The molecule has 3 aromatic rings. The van der Waals surface area contributed by atoms with Crippen LogP contribution in [0.3, 0.4) is 0 Å². The topological polar surface area (TPSA) is 64.1 Å². The summed E-state index contributed by atoms with van der Waals surface area (Å²) >= 11 is 0. The molecule has 1 aromatic heterocycles. The number of ether oxygens (including phenoxy) is 1. The predicted molar refractivity (Wildman–Crippen MR) is 109 cm³/mol. The van der Waals surface area contributed by atoms with E-state index in [1.807, 2.05) is 30.3 Å². The van der Waals surface area contributed by atoms with Crippen LogP contribution in [-0.2, 0) is 6.54 Å². The fraction of sp³-hybridized carbons (Fsp3) is 0.348. The molecule has 0 amide bonds. The van der Waals surface area contributed by atoms with Gasteiger partial charge in [0.1, 0.15) is 18.0 Å². The van der Waals surface area contributed by atoms with Crippen LogP contribution in [0.25, 0.3) is 22.1 Å². The molecule has 1 fully saturated rings. The molecular weight excluding hydrogens is 354 g/mol. The third-order valence-electron chi connectivity index (χ3n) is 5.67. The summed E-state index contributed by atoms with van der Waals surface area (Å²) in [5, 5.41) is 11.3. The monoisotopic (exact) mass is 380 g/mol. The van der Waals surface area contributed by atoms with Crippen molar-refractivity contribution in [3.8, 4) is 22.6 Å². The van der Waals surface area contributed by atoms with Crippen molar-refractivity contribution in [1.29, 1.82) is 0 Å². The van der Waals surface area contributed by atoms with E-state index in [-0.39, 0.29) is 5.75 Å². The van der Waals surface area contributed by atoms with Gasteiger partial charge in [0.2, 0.25) is 0 Å². The van der Waals surface area contributed by atoms with Crippen molar-refractivity contribution < 1.29 is 19.2 Å². The fourth-order valence-electron chi connectivity index (χ4n) is 4.18. The van der Waals surface area contributed by atoms with E-state index in [4.69, 9.17) is 9.15 Å². The minimum atomic E-state index is -0.397. The van der Waals surface area contributed by atoms with Crippen molar-refractivity contribution in [2.24, 2.45) is 5.92 Å². The van der Waals surface area contributed by atoms with Crippen molar-refractivity contribution in [1.82, 2.24) is 0 Å². The highest BCUT2D eigenvalue weighted by Gasteiger charge is 2.23. The highest BCUT2D eigenvalue weighted by molar-refractivity contribution is 5.85. The zero-order valence-corrected chi connectivity index (χ0v) is 16.3. The molecule has 1 aliphatic rings. The average molecular weight is 380 g/mol. The SMILES string of the molecule is COc1ccc(-c2cc3ccc(O)c(C[NH+]4CCC[C@@H](C)C4)c3oc2=O)cc1. The third kappa shape index (κ3) is 3.62. The van der Waals surface area contributed by atoms with E-state index in [0.717, 1.165) is 35.4 Å². The lowest BCUT2D eigenvalue weighted by atomic mass is 9.99. The Bertz CT molecular complexity index is 1040. The molecule has 2 heterocycles. The normalized spacial score (nSPS) is 19.6. The van der Waals surface area contributed by atoms with Gasteiger partial charge in [-0.2, -0.15) is 0 Å². The Morgan fingerprint density at radius 1 is 1.21 bits per heavy atom. The number of aromatic hydroxyl groups is 1. The summed E-state index contributed by atoms with van der Waals surface area (Å²) in [5.41, 5.74) is 2.10. The number of piperidine rings is 1. The van der Waals surface area contributed by atoms with Gasteiger partial charge < -0.3 is 19.2 Å². The Morgan fingerprint density at radius 3 is 2.71 bits per heavy atom. The van der Waals surface area contributed by atoms with Gasteiger partial charge in [-0.15, -0.1) is 0 Å². The number of rotatable bonds is 4. The summed E-state index contributed by atoms with van der Waals surface area (Å²) in [6, 6.07) is 12.7. The van der Waals surface area contributed by atoms with Gasteiger partial charge in [-0.3, -0.25) is 0 Å². The molecule has 146 valence electrons. The average Bonchev–Trinajstić information content (AvgIpc) is 2.70. The van der Waals surface area contributed by atoms with Crippen molar-refractivity contribution >= 4 is 11.0 Å². The van der Waals surface area contributed by atoms with Gasteiger partial charge in [0.15, 0.2) is 5.58 Å². The summed E-state index contributed by atoms with van der Waals surface area (Å²) in [6.07, 6.45) is 2.44. The number of phenolic OH excluding ortho intramolecular Hbond substituents is 1. The Labute approximate surface area is 164 Å². The molecule has 2 atom stereocenters. The van der Waals surface area contributed by atoms with Crippen LogP contribution in [-0.4, -0.2) is 25.3 Å². The van der Waals surface area contributed by atoms with E-state index in [1.165, 1.54) is 17.7 Å².